The van der Waals surface area contributed by atoms with Gasteiger partial charge in [0, 0.05) is 4.57 Å². The van der Waals surface area contributed by atoms with Crippen molar-refractivity contribution in [3.8, 4) is 0 Å². The minimum atomic E-state index is -2.87. The van der Waals surface area contributed by atoms with Crippen LogP contribution in [0.25, 0.3) is 0 Å². The molecule has 0 aliphatic carbocycles. The van der Waals surface area contributed by atoms with Crippen molar-refractivity contribution in [2.45, 2.75) is 43.5 Å². The summed E-state index contributed by atoms with van der Waals surface area (Å²) >= 11 is 3.88. The highest BCUT2D eigenvalue weighted by Crippen LogP contribution is 2.41. The molecule has 1 aromatic heterocycles. The van der Waals surface area contributed by atoms with Crippen LogP contribution in [0.1, 0.15) is 60.5 Å². The van der Waals surface area contributed by atoms with Crippen LogP contribution >= 0.6 is 24.2 Å². The molecule has 36 heavy (non-hydrogen) atoms. The Morgan fingerprint density at radius 1 is 0.833 bits per heavy atom. The van der Waals surface area contributed by atoms with E-state index >= 15 is 0 Å². The SMILES string of the molecule is CCC(CC)CC(Br)c1ncn(C(c2ccccc2)(c2ccccc2)c2ccccc2)n1.O=[P+](O)O. The maximum absolute atomic E-state index is 8.70. The summed E-state index contributed by atoms with van der Waals surface area (Å²) in [7, 11) is -2.87. The van der Waals surface area contributed by atoms with Gasteiger partial charge in [0.05, 0.1) is 4.83 Å². The fourth-order valence-electron chi connectivity index (χ4n) is 4.54. The number of benzene rings is 3. The van der Waals surface area contributed by atoms with E-state index in [0.29, 0.717) is 5.92 Å². The lowest BCUT2D eigenvalue weighted by molar-refractivity contribution is 0.405. The smallest absolute Gasteiger partial charge is 0.233 e. The van der Waals surface area contributed by atoms with Gasteiger partial charge in [0.2, 0.25) is 0 Å². The molecule has 0 saturated carbocycles. The Hall–Kier alpha value is -2.70. The molecule has 6 nitrogen and oxygen atoms in total. The molecule has 0 amide bonds. The highest BCUT2D eigenvalue weighted by molar-refractivity contribution is 9.09. The first-order valence-corrected chi connectivity index (χ1v) is 14.1. The van der Waals surface area contributed by atoms with Crippen molar-refractivity contribution in [3.05, 3.63) is 120 Å². The summed E-state index contributed by atoms with van der Waals surface area (Å²) in [6.07, 6.45) is 5.26. The van der Waals surface area contributed by atoms with Crippen molar-refractivity contribution >= 4 is 24.2 Å². The Morgan fingerprint density at radius 2 is 1.22 bits per heavy atom. The first kappa shape index (κ1) is 27.9. The number of hydrogen-bond acceptors (Lipinski definition) is 3. The Bertz CT molecular complexity index is 1100. The molecule has 8 heteroatoms. The molecule has 0 fully saturated rings. The lowest BCUT2D eigenvalue weighted by Crippen LogP contribution is -2.38. The van der Waals surface area contributed by atoms with E-state index in [1.54, 1.807) is 0 Å². The van der Waals surface area contributed by atoms with E-state index < -0.39 is 13.8 Å². The van der Waals surface area contributed by atoms with Crippen molar-refractivity contribution in [2.24, 2.45) is 5.92 Å². The maximum Gasteiger partial charge on any atom is 0.692 e. The molecule has 2 N–H and O–H groups in total. The Kier molecular flexibility index (Phi) is 10.5. The van der Waals surface area contributed by atoms with Crippen molar-refractivity contribution in [1.82, 2.24) is 14.8 Å². The molecule has 1 heterocycles. The predicted octanol–water partition coefficient (Wildman–Crippen LogP) is 7.01. The van der Waals surface area contributed by atoms with Gasteiger partial charge in [-0.15, -0.1) is 9.79 Å². The molecule has 0 saturated heterocycles. The van der Waals surface area contributed by atoms with E-state index in [1.807, 2.05) is 11.0 Å². The van der Waals surface area contributed by atoms with Crippen LogP contribution in [0, 0.1) is 5.92 Å². The second kappa shape index (κ2) is 13.6. The average molecular weight is 569 g/mol. The minimum Gasteiger partial charge on any atom is -0.233 e. The van der Waals surface area contributed by atoms with Crippen molar-refractivity contribution in [1.29, 1.82) is 0 Å². The normalized spacial score (nSPS) is 12.1. The number of rotatable bonds is 9. The molecule has 0 bridgehead atoms. The Morgan fingerprint density at radius 3 is 1.58 bits per heavy atom. The van der Waals surface area contributed by atoms with E-state index in [-0.39, 0.29) is 4.83 Å². The van der Waals surface area contributed by atoms with E-state index in [9.17, 15) is 0 Å². The van der Waals surface area contributed by atoms with Gasteiger partial charge < -0.3 is 0 Å². The average Bonchev–Trinajstić information content (AvgIpc) is 3.40. The molecule has 0 radical (unpaired) electrons. The van der Waals surface area contributed by atoms with Gasteiger partial charge >= 0.3 is 8.25 Å². The lowest BCUT2D eigenvalue weighted by atomic mass is 9.77. The van der Waals surface area contributed by atoms with E-state index in [2.05, 4.69) is 121 Å². The summed E-state index contributed by atoms with van der Waals surface area (Å²) in [4.78, 5) is 19.2. The summed E-state index contributed by atoms with van der Waals surface area (Å²) in [5.41, 5.74) is 2.84. The second-order valence-electron chi connectivity index (χ2n) is 8.49. The monoisotopic (exact) mass is 568 g/mol. The van der Waals surface area contributed by atoms with Gasteiger partial charge in [-0.05, 0) is 29.0 Å². The fraction of sp³-hybridized carbons (Fsp3) is 0.286. The summed E-state index contributed by atoms with van der Waals surface area (Å²) < 4.78 is 10.7. The predicted molar refractivity (Wildman–Crippen MR) is 147 cm³/mol. The number of aromatic nitrogens is 3. The second-order valence-corrected chi connectivity index (χ2v) is 10.1. The molecule has 1 atom stereocenters. The van der Waals surface area contributed by atoms with E-state index in [1.165, 1.54) is 12.8 Å². The maximum atomic E-state index is 8.70. The van der Waals surface area contributed by atoms with Gasteiger partial charge in [-0.2, -0.15) is 5.10 Å². The lowest BCUT2D eigenvalue weighted by Gasteiger charge is -2.35. The first-order chi connectivity index (χ1) is 17.4. The molecule has 3 aromatic carbocycles. The largest absolute Gasteiger partial charge is 0.692 e. The van der Waals surface area contributed by atoms with Crippen LogP contribution in [0.2, 0.25) is 0 Å². The standard InChI is InChI=1S/C28H30BrN3.HO3P/c1-3-22(4-2)20-26(29)27-30-21-32(31-27)28(23-14-8-5-9-15-23,24-16-10-6-11-17-24)25-18-12-7-13-19-25;1-4(2)3/h5-19,21-22,26H,3-4,20H2,1-2H3;(H-,1,2,3)/p+1. The van der Waals surface area contributed by atoms with Crippen LogP contribution in [-0.4, -0.2) is 24.6 Å². The molecule has 4 rings (SSSR count). The topological polar surface area (TPSA) is 88.2 Å². The highest BCUT2D eigenvalue weighted by atomic mass is 79.9. The van der Waals surface area contributed by atoms with E-state index in [4.69, 9.17) is 24.4 Å². The van der Waals surface area contributed by atoms with Gasteiger partial charge in [-0.25, -0.2) is 9.67 Å². The molecular weight excluding hydrogens is 537 g/mol. The molecule has 1 unspecified atom stereocenters. The van der Waals surface area contributed by atoms with Crippen LogP contribution in [0.3, 0.4) is 0 Å². The van der Waals surface area contributed by atoms with Crippen LogP contribution < -0.4 is 0 Å². The molecule has 0 aliphatic heterocycles. The van der Waals surface area contributed by atoms with Gasteiger partial charge in [0.25, 0.3) is 0 Å². The number of hydrogen-bond donors (Lipinski definition) is 2. The zero-order valence-corrected chi connectivity index (χ0v) is 23.0. The summed E-state index contributed by atoms with van der Waals surface area (Å²) in [6.45, 7) is 4.51. The van der Waals surface area contributed by atoms with E-state index in [0.717, 1.165) is 28.9 Å². The molecule has 0 aliphatic rings. The quantitative estimate of drug-likeness (QED) is 0.129. The minimum absolute atomic E-state index is 0.133. The molecule has 188 valence electrons. The van der Waals surface area contributed by atoms with Gasteiger partial charge in [0.15, 0.2) is 5.82 Å². The third-order valence-corrected chi connectivity index (χ3v) is 7.19. The number of halogens is 1. The third-order valence-electron chi connectivity index (χ3n) is 6.40. The summed E-state index contributed by atoms with van der Waals surface area (Å²) in [5, 5.41) is 5.09. The summed E-state index contributed by atoms with van der Waals surface area (Å²) in [6, 6.07) is 31.8. The Balaban J connectivity index is 0.000000840. The van der Waals surface area contributed by atoms with Crippen molar-refractivity contribution in [2.75, 3.05) is 0 Å². The third kappa shape index (κ3) is 6.54. The zero-order chi connectivity index (χ0) is 26.0. The van der Waals surface area contributed by atoms with Crippen molar-refractivity contribution in [3.63, 3.8) is 0 Å². The van der Waals surface area contributed by atoms with Crippen molar-refractivity contribution < 1.29 is 14.4 Å². The molecular formula is C28H32BrN3O3P+. The Labute approximate surface area is 222 Å². The first-order valence-electron chi connectivity index (χ1n) is 12.0. The number of nitrogens with zero attached hydrogens (tertiary/aromatic N) is 3. The van der Waals surface area contributed by atoms with Crippen LogP contribution in [0.5, 0.6) is 0 Å². The van der Waals surface area contributed by atoms with Gasteiger partial charge in [0.1, 0.15) is 11.9 Å². The van der Waals surface area contributed by atoms with Gasteiger partial charge in [-0.3, -0.25) is 0 Å². The van der Waals surface area contributed by atoms with Crippen LogP contribution in [-0.2, 0) is 10.1 Å². The fourth-order valence-corrected chi connectivity index (χ4v) is 5.27. The summed E-state index contributed by atoms with van der Waals surface area (Å²) in [5.74, 6) is 1.50. The molecule has 4 aromatic rings. The highest BCUT2D eigenvalue weighted by Gasteiger charge is 2.40. The van der Waals surface area contributed by atoms with Crippen LogP contribution in [0.15, 0.2) is 97.3 Å². The van der Waals surface area contributed by atoms with Crippen LogP contribution in [0.4, 0.5) is 0 Å². The number of alkyl halides is 1. The van der Waals surface area contributed by atoms with Gasteiger partial charge in [-0.1, -0.05) is 134 Å². The molecule has 0 spiro atoms. The zero-order valence-electron chi connectivity index (χ0n) is 20.5.